The first-order valence-electron chi connectivity index (χ1n) is 9.73. The molecule has 1 aromatic carbocycles. The number of sulfonamides is 1. The fraction of sp³-hybridized carbons (Fsp3) is 0.632. The number of urea groups is 1. The van der Waals surface area contributed by atoms with Crippen LogP contribution in [0, 0.1) is 0 Å². The van der Waals surface area contributed by atoms with E-state index in [-0.39, 0.29) is 36.6 Å². The van der Waals surface area contributed by atoms with Crippen LogP contribution in [0.4, 0.5) is 4.79 Å². The fourth-order valence-corrected chi connectivity index (χ4v) is 3.58. The van der Waals surface area contributed by atoms with Gasteiger partial charge in [0.2, 0.25) is 10.0 Å². The largest absolute Gasteiger partial charge is 0.507 e. The Morgan fingerprint density at radius 3 is 2.10 bits per heavy atom. The minimum Gasteiger partial charge on any atom is -0.507 e. The SMILES string of the molecule is CC(C)c1cc(CCCNC(=O)NCCCS(=O)(=O)N=[N+]=[N-])cc(C(C)C)c1O. The summed E-state index contributed by atoms with van der Waals surface area (Å²) < 4.78 is 25.1. The van der Waals surface area contributed by atoms with Crippen LogP contribution in [0.2, 0.25) is 0 Å². The summed E-state index contributed by atoms with van der Waals surface area (Å²) in [6.45, 7) is 8.83. The number of nitrogens with one attached hydrogen (secondary N) is 2. The quantitative estimate of drug-likeness (QED) is 0.214. The topological polar surface area (TPSA) is 144 Å². The number of aromatic hydroxyl groups is 1. The number of benzene rings is 1. The molecule has 0 heterocycles. The highest BCUT2D eigenvalue weighted by molar-refractivity contribution is 7.89. The van der Waals surface area contributed by atoms with E-state index in [1.54, 1.807) is 0 Å². The van der Waals surface area contributed by atoms with Crippen molar-refractivity contribution in [2.45, 2.75) is 58.8 Å². The highest BCUT2D eigenvalue weighted by Crippen LogP contribution is 2.35. The van der Waals surface area contributed by atoms with Gasteiger partial charge in [-0.15, -0.1) is 0 Å². The molecule has 29 heavy (non-hydrogen) atoms. The van der Waals surface area contributed by atoms with E-state index in [2.05, 4.69) is 20.1 Å². The van der Waals surface area contributed by atoms with Gasteiger partial charge in [-0.3, -0.25) is 0 Å². The molecule has 0 spiro atoms. The molecule has 3 N–H and O–H groups in total. The number of azide groups is 1. The molecule has 0 aromatic heterocycles. The molecule has 0 atom stereocenters. The molecule has 1 aromatic rings. The minimum absolute atomic E-state index is 0.165. The van der Waals surface area contributed by atoms with Crippen LogP contribution in [0.3, 0.4) is 0 Å². The molecule has 0 aliphatic carbocycles. The summed E-state index contributed by atoms with van der Waals surface area (Å²) in [6.07, 6.45) is 1.67. The van der Waals surface area contributed by atoms with Crippen LogP contribution in [-0.4, -0.2) is 38.4 Å². The van der Waals surface area contributed by atoms with Crippen molar-refractivity contribution in [2.24, 2.45) is 4.52 Å². The van der Waals surface area contributed by atoms with Crippen molar-refractivity contribution in [3.05, 3.63) is 39.3 Å². The molecule has 0 radical (unpaired) electrons. The molecule has 2 amide bonds. The lowest BCUT2D eigenvalue weighted by Gasteiger charge is -2.17. The van der Waals surface area contributed by atoms with Gasteiger partial charge in [-0.1, -0.05) is 39.8 Å². The third-order valence-corrected chi connectivity index (χ3v) is 5.55. The Balaban J connectivity index is 2.44. The van der Waals surface area contributed by atoms with E-state index in [4.69, 9.17) is 5.53 Å². The smallest absolute Gasteiger partial charge is 0.314 e. The standard InChI is InChI=1S/C19H31N5O4S/c1-13(2)16-11-15(12-17(14(3)4)18(16)25)7-5-8-21-19(26)22-9-6-10-29(27,28)24-23-20/h11-14,25H,5-10H2,1-4H3,(H2,21,22,26). The van der Waals surface area contributed by atoms with Crippen molar-refractivity contribution in [3.63, 3.8) is 0 Å². The molecule has 0 saturated heterocycles. The van der Waals surface area contributed by atoms with Crippen LogP contribution in [0.5, 0.6) is 5.75 Å². The van der Waals surface area contributed by atoms with Gasteiger partial charge < -0.3 is 15.7 Å². The number of carbonyl (C=O) groups excluding carboxylic acids is 1. The number of carbonyl (C=O) groups is 1. The van der Waals surface area contributed by atoms with Gasteiger partial charge in [0, 0.05) is 22.5 Å². The molecule has 0 aliphatic heterocycles. The lowest BCUT2D eigenvalue weighted by atomic mass is 9.90. The fourth-order valence-electron chi connectivity index (χ4n) is 2.88. The first-order chi connectivity index (χ1) is 13.6. The minimum atomic E-state index is -3.78. The molecule has 0 aliphatic rings. The van der Waals surface area contributed by atoms with E-state index in [0.29, 0.717) is 12.3 Å². The Kier molecular flexibility index (Phi) is 9.77. The summed E-state index contributed by atoms with van der Waals surface area (Å²) in [5.74, 6) is 0.505. The van der Waals surface area contributed by atoms with Gasteiger partial charge in [0.1, 0.15) is 5.75 Å². The second-order valence-electron chi connectivity index (χ2n) is 7.53. The Bertz CT molecular complexity index is 817. The van der Waals surface area contributed by atoms with E-state index in [0.717, 1.165) is 29.5 Å². The van der Waals surface area contributed by atoms with Crippen molar-refractivity contribution in [1.82, 2.24) is 10.6 Å². The Morgan fingerprint density at radius 2 is 1.62 bits per heavy atom. The van der Waals surface area contributed by atoms with Gasteiger partial charge in [0.15, 0.2) is 0 Å². The molecule has 9 nitrogen and oxygen atoms in total. The maximum Gasteiger partial charge on any atom is 0.314 e. The predicted molar refractivity (Wildman–Crippen MR) is 114 cm³/mol. The molecule has 0 fully saturated rings. The zero-order valence-electron chi connectivity index (χ0n) is 17.5. The number of aryl methyl sites for hydroxylation is 1. The third-order valence-electron chi connectivity index (χ3n) is 4.43. The van der Waals surface area contributed by atoms with E-state index >= 15 is 0 Å². The lowest BCUT2D eigenvalue weighted by molar-refractivity contribution is 0.241. The van der Waals surface area contributed by atoms with Crippen molar-refractivity contribution >= 4 is 16.1 Å². The molecule has 162 valence electrons. The number of amides is 2. The molecule has 0 unspecified atom stereocenters. The molecular weight excluding hydrogens is 394 g/mol. The molecule has 10 heteroatoms. The van der Waals surface area contributed by atoms with Gasteiger partial charge >= 0.3 is 6.03 Å². The number of hydrogen-bond donors (Lipinski definition) is 3. The molecule has 0 saturated carbocycles. The number of nitrogens with zero attached hydrogens (tertiary/aromatic N) is 3. The molecular formula is C19H31N5O4S. The monoisotopic (exact) mass is 425 g/mol. The van der Waals surface area contributed by atoms with Crippen molar-refractivity contribution < 1.29 is 18.3 Å². The summed E-state index contributed by atoms with van der Waals surface area (Å²) in [7, 11) is -3.78. The highest BCUT2D eigenvalue weighted by Gasteiger charge is 2.15. The number of rotatable bonds is 11. The number of hydrogen-bond acceptors (Lipinski definition) is 4. The Labute approximate surface area is 172 Å². The Hall–Kier alpha value is -2.45. The normalized spacial score (nSPS) is 11.4. The average Bonchev–Trinajstić information content (AvgIpc) is 2.62. The summed E-state index contributed by atoms with van der Waals surface area (Å²) in [4.78, 5) is 14.0. The van der Waals surface area contributed by atoms with Crippen LogP contribution in [-0.2, 0) is 16.4 Å². The summed E-state index contributed by atoms with van der Waals surface area (Å²) in [5.41, 5.74) is 11.1. The summed E-state index contributed by atoms with van der Waals surface area (Å²) >= 11 is 0. The Morgan fingerprint density at radius 1 is 1.10 bits per heavy atom. The van der Waals surface area contributed by atoms with E-state index < -0.39 is 10.0 Å². The van der Waals surface area contributed by atoms with Crippen LogP contribution in [0.1, 0.15) is 69.1 Å². The first kappa shape index (κ1) is 24.6. The van der Waals surface area contributed by atoms with Crippen LogP contribution >= 0.6 is 0 Å². The van der Waals surface area contributed by atoms with E-state index in [9.17, 15) is 18.3 Å². The van der Waals surface area contributed by atoms with Crippen molar-refractivity contribution in [1.29, 1.82) is 0 Å². The second-order valence-corrected chi connectivity index (χ2v) is 9.26. The predicted octanol–water partition coefficient (Wildman–Crippen LogP) is 3.90. The maximum absolute atomic E-state index is 11.7. The number of phenols is 1. The third kappa shape index (κ3) is 8.62. The maximum atomic E-state index is 11.7. The van der Waals surface area contributed by atoms with Gasteiger partial charge in [0.05, 0.1) is 5.75 Å². The summed E-state index contributed by atoms with van der Waals surface area (Å²) in [5, 5.41) is 15.8. The zero-order chi connectivity index (χ0) is 22.0. The van der Waals surface area contributed by atoms with E-state index in [1.807, 2.05) is 39.8 Å². The first-order valence-corrected chi connectivity index (χ1v) is 11.3. The molecule has 1 rings (SSSR count). The van der Waals surface area contributed by atoms with Gasteiger partial charge in [0.25, 0.3) is 0 Å². The van der Waals surface area contributed by atoms with Crippen molar-refractivity contribution in [2.75, 3.05) is 18.8 Å². The van der Waals surface area contributed by atoms with Gasteiger partial charge in [-0.25, -0.2) is 13.2 Å². The van der Waals surface area contributed by atoms with Crippen molar-refractivity contribution in [3.8, 4) is 5.75 Å². The summed E-state index contributed by atoms with van der Waals surface area (Å²) in [6, 6.07) is 3.68. The van der Waals surface area contributed by atoms with Gasteiger partial charge in [-0.05, 0) is 53.3 Å². The van der Waals surface area contributed by atoms with Crippen LogP contribution < -0.4 is 10.6 Å². The molecule has 0 bridgehead atoms. The van der Waals surface area contributed by atoms with Crippen LogP contribution in [0.15, 0.2) is 16.7 Å². The second kappa shape index (κ2) is 11.5. The average molecular weight is 426 g/mol. The zero-order valence-corrected chi connectivity index (χ0v) is 18.3. The highest BCUT2D eigenvalue weighted by atomic mass is 32.2. The van der Waals surface area contributed by atoms with Crippen LogP contribution in [0.25, 0.3) is 10.4 Å². The lowest BCUT2D eigenvalue weighted by Crippen LogP contribution is -2.37. The van der Waals surface area contributed by atoms with E-state index in [1.165, 1.54) is 0 Å². The number of phenolic OH excluding ortho intramolecular Hbond substituents is 1. The van der Waals surface area contributed by atoms with Gasteiger partial charge in [-0.2, -0.15) is 0 Å².